The Kier molecular flexibility index (Phi) is 3.24. The van der Waals surface area contributed by atoms with Gasteiger partial charge >= 0.3 is 5.97 Å². The van der Waals surface area contributed by atoms with Crippen molar-refractivity contribution in [1.29, 1.82) is 0 Å². The Morgan fingerprint density at radius 3 is 2.62 bits per heavy atom. The molecule has 5 heteroatoms. The summed E-state index contributed by atoms with van der Waals surface area (Å²) in [7, 11) is 0. The van der Waals surface area contributed by atoms with E-state index in [0.717, 1.165) is 12.8 Å². The topological polar surface area (TPSA) is 69.6 Å². The summed E-state index contributed by atoms with van der Waals surface area (Å²) in [5, 5.41) is 12.1. The number of carbonyl (C=O) groups is 2. The molecule has 0 aromatic heterocycles. The molecule has 1 fully saturated rings. The first-order valence-corrected chi connectivity index (χ1v) is 5.59. The van der Waals surface area contributed by atoms with Gasteiger partial charge in [0.25, 0.3) is 0 Å². The molecule has 1 heterocycles. The van der Waals surface area contributed by atoms with E-state index in [0.29, 0.717) is 19.6 Å². The van der Waals surface area contributed by atoms with E-state index in [9.17, 15) is 9.59 Å². The fourth-order valence-electron chi connectivity index (χ4n) is 2.24. The number of allylic oxidation sites excluding steroid dienone is 2. The lowest BCUT2D eigenvalue weighted by atomic mass is 10.0. The van der Waals surface area contributed by atoms with Gasteiger partial charge in [0.05, 0.1) is 0 Å². The van der Waals surface area contributed by atoms with Gasteiger partial charge in [-0.05, 0) is 12.8 Å². The standard InChI is InChI=1S/C11H16N2O3/c14-10(8-3-1-2-4-8)13-6-5-12-7-9(13)11(15)16/h1-2,8-9,12H,3-7H2,(H,15,16). The van der Waals surface area contributed by atoms with Crippen molar-refractivity contribution in [1.82, 2.24) is 10.2 Å². The van der Waals surface area contributed by atoms with Crippen molar-refractivity contribution in [2.75, 3.05) is 19.6 Å². The number of carboxylic acids is 1. The predicted octanol–water partition coefficient (Wildman–Crippen LogP) is -0.162. The molecule has 5 nitrogen and oxygen atoms in total. The van der Waals surface area contributed by atoms with E-state index in [4.69, 9.17) is 5.11 Å². The summed E-state index contributed by atoms with van der Waals surface area (Å²) in [6.07, 6.45) is 5.46. The molecule has 0 aromatic carbocycles. The lowest BCUT2D eigenvalue weighted by Crippen LogP contribution is -2.58. The van der Waals surface area contributed by atoms with Crippen LogP contribution in [0.2, 0.25) is 0 Å². The number of carboxylic acid groups (broad SMARTS) is 1. The van der Waals surface area contributed by atoms with Crippen LogP contribution in [0.25, 0.3) is 0 Å². The number of piperazine rings is 1. The van der Waals surface area contributed by atoms with E-state index in [2.05, 4.69) is 5.32 Å². The van der Waals surface area contributed by atoms with Crippen LogP contribution in [0.1, 0.15) is 12.8 Å². The molecule has 1 unspecified atom stereocenters. The molecule has 1 atom stereocenters. The van der Waals surface area contributed by atoms with Crippen LogP contribution in [-0.4, -0.2) is 47.6 Å². The van der Waals surface area contributed by atoms with Crippen molar-refractivity contribution in [2.45, 2.75) is 18.9 Å². The molecule has 1 aliphatic carbocycles. The Hall–Kier alpha value is -1.36. The maximum absolute atomic E-state index is 12.1. The Bertz CT molecular complexity index is 319. The van der Waals surface area contributed by atoms with Crippen LogP contribution in [0, 0.1) is 5.92 Å². The van der Waals surface area contributed by atoms with Crippen LogP contribution in [-0.2, 0) is 9.59 Å². The molecule has 0 aromatic rings. The fourth-order valence-corrected chi connectivity index (χ4v) is 2.24. The number of carbonyl (C=O) groups excluding carboxylic acids is 1. The number of hydrogen-bond donors (Lipinski definition) is 2. The van der Waals surface area contributed by atoms with Crippen molar-refractivity contribution >= 4 is 11.9 Å². The molecule has 0 spiro atoms. The molecule has 2 rings (SSSR count). The van der Waals surface area contributed by atoms with Gasteiger partial charge in [0.15, 0.2) is 0 Å². The summed E-state index contributed by atoms with van der Waals surface area (Å²) >= 11 is 0. The van der Waals surface area contributed by atoms with E-state index < -0.39 is 12.0 Å². The number of amides is 1. The van der Waals surface area contributed by atoms with Crippen LogP contribution >= 0.6 is 0 Å². The molecular formula is C11H16N2O3. The van der Waals surface area contributed by atoms with E-state index in [1.807, 2.05) is 12.2 Å². The second kappa shape index (κ2) is 4.65. The Morgan fingerprint density at radius 2 is 2.00 bits per heavy atom. The highest BCUT2D eigenvalue weighted by Gasteiger charge is 2.35. The minimum Gasteiger partial charge on any atom is -0.480 e. The van der Waals surface area contributed by atoms with Gasteiger partial charge in [-0.25, -0.2) is 4.79 Å². The van der Waals surface area contributed by atoms with Gasteiger partial charge in [0.1, 0.15) is 6.04 Å². The molecule has 16 heavy (non-hydrogen) atoms. The smallest absolute Gasteiger partial charge is 0.327 e. The first-order chi connectivity index (χ1) is 7.70. The summed E-state index contributed by atoms with van der Waals surface area (Å²) < 4.78 is 0. The van der Waals surface area contributed by atoms with Gasteiger partial charge in [-0.3, -0.25) is 4.79 Å². The molecule has 1 saturated heterocycles. The van der Waals surface area contributed by atoms with Crippen molar-refractivity contribution in [3.63, 3.8) is 0 Å². The molecule has 1 aliphatic heterocycles. The average Bonchev–Trinajstić information content (AvgIpc) is 2.81. The second-order valence-corrected chi connectivity index (χ2v) is 4.23. The second-order valence-electron chi connectivity index (χ2n) is 4.23. The van der Waals surface area contributed by atoms with E-state index in [-0.39, 0.29) is 11.8 Å². The van der Waals surface area contributed by atoms with Crippen molar-refractivity contribution in [3.8, 4) is 0 Å². The Balaban J connectivity index is 2.04. The van der Waals surface area contributed by atoms with Gasteiger partial charge in [0, 0.05) is 25.6 Å². The monoisotopic (exact) mass is 224 g/mol. The zero-order valence-corrected chi connectivity index (χ0v) is 9.06. The lowest BCUT2D eigenvalue weighted by molar-refractivity contribution is -0.152. The van der Waals surface area contributed by atoms with Crippen molar-refractivity contribution in [3.05, 3.63) is 12.2 Å². The van der Waals surface area contributed by atoms with Gasteiger partial charge in [0.2, 0.25) is 5.91 Å². The van der Waals surface area contributed by atoms with Gasteiger partial charge in [-0.2, -0.15) is 0 Å². The zero-order chi connectivity index (χ0) is 11.5. The number of hydrogen-bond acceptors (Lipinski definition) is 3. The van der Waals surface area contributed by atoms with E-state index in [1.165, 1.54) is 4.90 Å². The molecular weight excluding hydrogens is 208 g/mol. The number of nitrogens with zero attached hydrogens (tertiary/aromatic N) is 1. The largest absolute Gasteiger partial charge is 0.480 e. The van der Waals surface area contributed by atoms with Crippen LogP contribution < -0.4 is 5.32 Å². The number of aliphatic carboxylic acids is 1. The Labute approximate surface area is 94.1 Å². The maximum Gasteiger partial charge on any atom is 0.327 e. The molecule has 0 radical (unpaired) electrons. The summed E-state index contributed by atoms with van der Waals surface area (Å²) in [5.41, 5.74) is 0. The van der Waals surface area contributed by atoms with Crippen LogP contribution in [0.5, 0.6) is 0 Å². The third kappa shape index (κ3) is 2.09. The highest BCUT2D eigenvalue weighted by Crippen LogP contribution is 2.21. The fraction of sp³-hybridized carbons (Fsp3) is 0.636. The van der Waals surface area contributed by atoms with Crippen LogP contribution in [0.15, 0.2) is 12.2 Å². The quantitative estimate of drug-likeness (QED) is 0.639. The molecule has 0 bridgehead atoms. The van der Waals surface area contributed by atoms with Crippen LogP contribution in [0.4, 0.5) is 0 Å². The minimum atomic E-state index is -0.925. The van der Waals surface area contributed by atoms with Crippen molar-refractivity contribution in [2.24, 2.45) is 5.92 Å². The SMILES string of the molecule is O=C(O)C1CNCCN1C(=O)C1CC=CC1. The third-order valence-electron chi connectivity index (χ3n) is 3.17. The van der Waals surface area contributed by atoms with Gasteiger partial charge < -0.3 is 15.3 Å². The summed E-state index contributed by atoms with van der Waals surface area (Å²) in [6.45, 7) is 1.52. The summed E-state index contributed by atoms with van der Waals surface area (Å²) in [5.74, 6) is -0.981. The van der Waals surface area contributed by atoms with E-state index in [1.54, 1.807) is 0 Å². The Morgan fingerprint density at radius 1 is 1.31 bits per heavy atom. The average molecular weight is 224 g/mol. The first kappa shape index (κ1) is 11.1. The maximum atomic E-state index is 12.1. The van der Waals surface area contributed by atoms with Gasteiger partial charge in [-0.1, -0.05) is 12.2 Å². The zero-order valence-electron chi connectivity index (χ0n) is 9.06. The lowest BCUT2D eigenvalue weighted by Gasteiger charge is -2.35. The highest BCUT2D eigenvalue weighted by molar-refractivity contribution is 5.86. The van der Waals surface area contributed by atoms with Crippen LogP contribution in [0.3, 0.4) is 0 Å². The third-order valence-corrected chi connectivity index (χ3v) is 3.17. The number of nitrogens with one attached hydrogen (secondary N) is 1. The van der Waals surface area contributed by atoms with Gasteiger partial charge in [-0.15, -0.1) is 0 Å². The normalized spacial score (nSPS) is 26.0. The van der Waals surface area contributed by atoms with E-state index >= 15 is 0 Å². The van der Waals surface area contributed by atoms with Crippen molar-refractivity contribution < 1.29 is 14.7 Å². The minimum absolute atomic E-state index is 0.0149. The molecule has 2 N–H and O–H groups in total. The predicted molar refractivity (Wildman–Crippen MR) is 57.9 cm³/mol. The molecule has 88 valence electrons. The summed E-state index contributed by atoms with van der Waals surface area (Å²) in [6, 6.07) is -0.707. The summed E-state index contributed by atoms with van der Waals surface area (Å²) in [4.78, 5) is 24.7. The molecule has 2 aliphatic rings. The highest BCUT2D eigenvalue weighted by atomic mass is 16.4. The molecule has 1 amide bonds. The number of rotatable bonds is 2. The first-order valence-electron chi connectivity index (χ1n) is 5.59. The molecule has 0 saturated carbocycles.